The van der Waals surface area contributed by atoms with Gasteiger partial charge in [0.1, 0.15) is 0 Å². The molecule has 0 aliphatic rings. The minimum absolute atomic E-state index is 0.148. The van der Waals surface area contributed by atoms with Crippen LogP contribution in [0.1, 0.15) is 35.5 Å². The Morgan fingerprint density at radius 1 is 1.20 bits per heavy atom. The van der Waals surface area contributed by atoms with Crippen molar-refractivity contribution < 1.29 is 0 Å². The number of benzene rings is 1. The van der Waals surface area contributed by atoms with Gasteiger partial charge in [-0.25, -0.2) is 0 Å². The summed E-state index contributed by atoms with van der Waals surface area (Å²) in [7, 11) is 0. The molecule has 1 atom stereocenters. The summed E-state index contributed by atoms with van der Waals surface area (Å²) < 4.78 is 1.01. The Kier molecular flexibility index (Phi) is 4.71. The maximum atomic E-state index is 6.23. The molecular formula is C16H18BrClN2. The van der Waals surface area contributed by atoms with Gasteiger partial charge >= 0.3 is 0 Å². The van der Waals surface area contributed by atoms with Crippen molar-refractivity contribution >= 4 is 33.2 Å². The zero-order valence-electron chi connectivity index (χ0n) is 12.1. The van der Waals surface area contributed by atoms with Crippen LogP contribution in [0.5, 0.6) is 0 Å². The van der Waals surface area contributed by atoms with Gasteiger partial charge in [0.25, 0.3) is 0 Å². The summed E-state index contributed by atoms with van der Waals surface area (Å²) >= 11 is 9.70. The summed E-state index contributed by atoms with van der Waals surface area (Å²) in [5.41, 5.74) is 5.52. The summed E-state index contributed by atoms with van der Waals surface area (Å²) in [5.74, 6) is 0. The molecule has 0 spiro atoms. The first-order valence-corrected chi connectivity index (χ1v) is 7.72. The van der Waals surface area contributed by atoms with Crippen LogP contribution in [0.25, 0.3) is 0 Å². The lowest BCUT2D eigenvalue weighted by Crippen LogP contribution is -2.12. The molecule has 0 radical (unpaired) electrons. The van der Waals surface area contributed by atoms with Crippen molar-refractivity contribution in [2.24, 2.45) is 0 Å². The topological polar surface area (TPSA) is 24.9 Å². The lowest BCUT2D eigenvalue weighted by atomic mass is 10.00. The van der Waals surface area contributed by atoms with Crippen molar-refractivity contribution in [3.63, 3.8) is 0 Å². The maximum absolute atomic E-state index is 6.23. The van der Waals surface area contributed by atoms with Gasteiger partial charge in [0.15, 0.2) is 0 Å². The van der Waals surface area contributed by atoms with E-state index in [0.29, 0.717) is 0 Å². The van der Waals surface area contributed by atoms with Gasteiger partial charge in [-0.15, -0.1) is 0 Å². The van der Waals surface area contributed by atoms with Gasteiger partial charge in [-0.3, -0.25) is 4.98 Å². The first kappa shape index (κ1) is 15.3. The van der Waals surface area contributed by atoms with E-state index in [-0.39, 0.29) is 6.04 Å². The second-order valence-electron chi connectivity index (χ2n) is 5.07. The van der Waals surface area contributed by atoms with E-state index in [4.69, 9.17) is 11.6 Å². The molecule has 0 bridgehead atoms. The third kappa shape index (κ3) is 3.33. The number of anilines is 1. The van der Waals surface area contributed by atoms with E-state index in [1.54, 1.807) is 0 Å². The minimum Gasteiger partial charge on any atom is -0.377 e. The highest BCUT2D eigenvalue weighted by Crippen LogP contribution is 2.30. The number of pyridine rings is 1. The summed E-state index contributed by atoms with van der Waals surface area (Å²) in [6, 6.07) is 8.07. The normalized spacial score (nSPS) is 12.3. The quantitative estimate of drug-likeness (QED) is 0.777. The maximum Gasteiger partial charge on any atom is 0.0638 e. The van der Waals surface area contributed by atoms with E-state index < -0.39 is 0 Å². The highest BCUT2D eigenvalue weighted by atomic mass is 79.9. The second-order valence-corrected chi connectivity index (χ2v) is 6.39. The van der Waals surface area contributed by atoms with Gasteiger partial charge in [0, 0.05) is 15.9 Å². The number of halogens is 2. The van der Waals surface area contributed by atoms with Crippen molar-refractivity contribution in [1.29, 1.82) is 0 Å². The monoisotopic (exact) mass is 352 g/mol. The summed E-state index contributed by atoms with van der Waals surface area (Å²) in [4.78, 5) is 4.55. The first-order valence-electron chi connectivity index (χ1n) is 6.55. The molecule has 2 aromatic rings. The Hall–Kier alpha value is -1.06. The fraction of sp³-hybridized carbons (Fsp3) is 0.312. The van der Waals surface area contributed by atoms with Crippen LogP contribution in [0, 0.1) is 20.8 Å². The number of aryl methyl sites for hydroxylation is 3. The molecule has 1 aromatic heterocycles. The zero-order chi connectivity index (χ0) is 14.9. The molecule has 1 unspecified atom stereocenters. The SMILES string of the molecule is Cc1cc(C)c(C(C)Nc2cc(Br)ccc2Cl)c(C)n1. The van der Waals surface area contributed by atoms with Crippen LogP contribution in [0.4, 0.5) is 5.69 Å². The summed E-state index contributed by atoms with van der Waals surface area (Å²) in [6.07, 6.45) is 0. The van der Waals surface area contributed by atoms with E-state index in [9.17, 15) is 0 Å². The van der Waals surface area contributed by atoms with Crippen molar-refractivity contribution in [2.75, 3.05) is 5.32 Å². The number of aromatic nitrogens is 1. The minimum atomic E-state index is 0.148. The van der Waals surface area contributed by atoms with Gasteiger partial charge in [0.2, 0.25) is 0 Å². The molecule has 2 nitrogen and oxygen atoms in total. The highest BCUT2D eigenvalue weighted by molar-refractivity contribution is 9.10. The Balaban J connectivity index is 2.33. The first-order chi connectivity index (χ1) is 9.38. The second kappa shape index (κ2) is 6.15. The van der Waals surface area contributed by atoms with Crippen molar-refractivity contribution in [3.05, 3.63) is 56.3 Å². The molecule has 106 valence electrons. The van der Waals surface area contributed by atoms with E-state index in [2.05, 4.69) is 53.1 Å². The molecule has 0 aliphatic carbocycles. The van der Waals surface area contributed by atoms with Crippen LogP contribution < -0.4 is 5.32 Å². The van der Waals surface area contributed by atoms with Gasteiger partial charge in [0.05, 0.1) is 16.8 Å². The molecule has 1 N–H and O–H groups in total. The molecule has 4 heteroatoms. The fourth-order valence-electron chi connectivity index (χ4n) is 2.60. The van der Waals surface area contributed by atoms with Crippen LogP contribution in [0.2, 0.25) is 5.02 Å². The average molecular weight is 354 g/mol. The van der Waals surface area contributed by atoms with Crippen molar-refractivity contribution in [2.45, 2.75) is 33.7 Å². The van der Waals surface area contributed by atoms with Gasteiger partial charge < -0.3 is 5.32 Å². The molecule has 0 saturated carbocycles. The number of nitrogens with one attached hydrogen (secondary N) is 1. The molecule has 1 aromatic carbocycles. The number of rotatable bonds is 3. The summed E-state index contributed by atoms with van der Waals surface area (Å²) in [6.45, 7) is 8.32. The molecule has 20 heavy (non-hydrogen) atoms. The van der Waals surface area contributed by atoms with Crippen LogP contribution in [0.3, 0.4) is 0 Å². The van der Waals surface area contributed by atoms with Crippen LogP contribution in [-0.4, -0.2) is 4.98 Å². The van der Waals surface area contributed by atoms with E-state index in [1.165, 1.54) is 11.1 Å². The average Bonchev–Trinajstić information content (AvgIpc) is 2.32. The zero-order valence-corrected chi connectivity index (χ0v) is 14.4. The lowest BCUT2D eigenvalue weighted by molar-refractivity contribution is 0.843. The Morgan fingerprint density at radius 3 is 2.55 bits per heavy atom. The Labute approximate surface area is 133 Å². The molecule has 0 aliphatic heterocycles. The summed E-state index contributed by atoms with van der Waals surface area (Å²) in [5, 5.41) is 4.18. The van der Waals surface area contributed by atoms with Crippen LogP contribution in [-0.2, 0) is 0 Å². The number of hydrogen-bond donors (Lipinski definition) is 1. The number of nitrogens with zero attached hydrogens (tertiary/aromatic N) is 1. The highest BCUT2D eigenvalue weighted by Gasteiger charge is 2.14. The standard InChI is InChI=1S/C16H18BrClN2/c1-9-7-10(2)19-11(3)16(9)12(4)20-15-8-13(17)5-6-14(15)18/h5-8,12,20H,1-4H3. The van der Waals surface area contributed by atoms with Crippen LogP contribution >= 0.6 is 27.5 Å². The van der Waals surface area contributed by atoms with Crippen LogP contribution in [0.15, 0.2) is 28.7 Å². The molecule has 0 fully saturated rings. The number of hydrogen-bond acceptors (Lipinski definition) is 2. The Morgan fingerprint density at radius 2 is 1.90 bits per heavy atom. The predicted octanol–water partition coefficient (Wildman–Crippen LogP) is 5.60. The molecule has 0 saturated heterocycles. The van der Waals surface area contributed by atoms with E-state index in [0.717, 1.165) is 26.6 Å². The van der Waals surface area contributed by atoms with Gasteiger partial charge in [-0.1, -0.05) is 27.5 Å². The third-order valence-corrected chi connectivity index (χ3v) is 4.14. The molecule has 2 rings (SSSR count). The predicted molar refractivity (Wildman–Crippen MR) is 89.6 cm³/mol. The van der Waals surface area contributed by atoms with Gasteiger partial charge in [-0.05, 0) is 63.1 Å². The van der Waals surface area contributed by atoms with Gasteiger partial charge in [-0.2, -0.15) is 0 Å². The van der Waals surface area contributed by atoms with E-state index >= 15 is 0 Å². The Bertz CT molecular complexity index is 617. The third-order valence-electron chi connectivity index (χ3n) is 3.32. The van der Waals surface area contributed by atoms with Crippen molar-refractivity contribution in [1.82, 2.24) is 4.98 Å². The largest absolute Gasteiger partial charge is 0.377 e. The molecular weight excluding hydrogens is 336 g/mol. The van der Waals surface area contributed by atoms with E-state index in [1.807, 2.05) is 25.1 Å². The lowest BCUT2D eigenvalue weighted by Gasteiger charge is -2.21. The molecule has 1 heterocycles. The smallest absolute Gasteiger partial charge is 0.0638 e. The molecule has 0 amide bonds. The fourth-order valence-corrected chi connectivity index (χ4v) is 3.14. The van der Waals surface area contributed by atoms with Crippen molar-refractivity contribution in [3.8, 4) is 0 Å².